The molecule has 0 aliphatic rings. The summed E-state index contributed by atoms with van der Waals surface area (Å²) in [4.78, 5) is 0. The van der Waals surface area contributed by atoms with Crippen LogP contribution >= 0.6 is 17.7 Å². The second kappa shape index (κ2) is 6.59. The zero-order valence-corrected chi connectivity index (χ0v) is 14.6. The first-order chi connectivity index (χ1) is 11.5. The van der Waals surface area contributed by atoms with Crippen molar-refractivity contribution < 1.29 is 73.9 Å². The average molecular weight is 498 g/mol. The molecule has 0 fully saturated rings. The highest BCUT2D eigenvalue weighted by molar-refractivity contribution is 9.36. The first-order valence-corrected chi connectivity index (χ1v) is 11.5. The molecule has 0 radical (unpaired) electrons. The van der Waals surface area contributed by atoms with Gasteiger partial charge in [0.15, 0.2) is 0 Å². The van der Waals surface area contributed by atoms with Gasteiger partial charge in [0.2, 0.25) is 8.87 Å². The number of hydrogen-bond donors (Lipinski definition) is 0. The Labute approximate surface area is 143 Å². The zero-order chi connectivity index (χ0) is 22.4. The van der Waals surface area contributed by atoms with Crippen molar-refractivity contribution in [1.82, 2.24) is 0 Å². The van der Waals surface area contributed by atoms with Crippen molar-refractivity contribution in [3.8, 4) is 0 Å². The minimum Gasteiger partial charge on any atom is -0.210 e. The highest BCUT2D eigenvalue weighted by atomic mass is 33.6. The van der Waals surface area contributed by atoms with E-state index in [-0.39, 0.29) is 6.92 Å². The van der Waals surface area contributed by atoms with Crippen molar-refractivity contribution in [3.05, 3.63) is 0 Å². The van der Waals surface area contributed by atoms with Gasteiger partial charge in [-0.1, -0.05) is 0 Å². The fraction of sp³-hybridized carbons (Fsp3) is 1.00. The molecule has 0 aromatic heterocycles. The molecule has 0 saturated heterocycles. The van der Waals surface area contributed by atoms with Crippen LogP contribution in [0.15, 0.2) is 0 Å². The lowest BCUT2D eigenvalue weighted by Gasteiger charge is -2.77. The number of alkyl halides is 13. The van der Waals surface area contributed by atoms with Gasteiger partial charge in [0, 0.05) is 10.8 Å². The van der Waals surface area contributed by atoms with Crippen LogP contribution in [0.2, 0.25) is 0 Å². The van der Waals surface area contributed by atoms with Crippen LogP contribution in [0.4, 0.5) is 57.1 Å². The van der Waals surface area contributed by atoms with E-state index < -0.39 is 62.1 Å². The molecule has 20 heteroatoms. The summed E-state index contributed by atoms with van der Waals surface area (Å²) >= 11 is 0. The Balaban J connectivity index is 8.39. The van der Waals surface area contributed by atoms with E-state index in [9.17, 15) is 65.5 Å². The van der Waals surface area contributed by atoms with Crippen LogP contribution < -0.4 is 0 Å². The van der Waals surface area contributed by atoms with Gasteiger partial charge < -0.3 is 0 Å². The van der Waals surface area contributed by atoms with E-state index in [4.69, 9.17) is 0 Å². The van der Waals surface area contributed by atoms with Crippen LogP contribution in [0, 0.1) is 0 Å². The van der Waals surface area contributed by atoms with E-state index in [1.54, 1.807) is 0 Å². The molecule has 168 valence electrons. The third-order valence-corrected chi connectivity index (χ3v) is 19.8. The summed E-state index contributed by atoms with van der Waals surface area (Å²) in [5.74, 6) is -7.92. The largest absolute Gasteiger partial charge is 0.540 e. The predicted molar refractivity (Wildman–Crippen MR) is 67.0 cm³/mol. The average Bonchev–Trinajstić information content (AvgIpc) is 2.31. The lowest BCUT2D eigenvalue weighted by Crippen LogP contribution is -2.66. The summed E-state index contributed by atoms with van der Waals surface area (Å²) in [6.07, 6.45) is -7.33. The van der Waals surface area contributed by atoms with Gasteiger partial charge in [-0.15, -0.1) is 13.2 Å². The van der Waals surface area contributed by atoms with Crippen molar-refractivity contribution in [3.63, 3.8) is 0 Å². The molecule has 0 bridgehead atoms. The van der Waals surface area contributed by atoms with E-state index >= 15 is 0 Å². The van der Waals surface area contributed by atoms with Crippen molar-refractivity contribution in [1.29, 1.82) is 0 Å². The highest BCUT2D eigenvalue weighted by Gasteiger charge is 2.99. The fourth-order valence-corrected chi connectivity index (χ4v) is 14.8. The van der Waals surface area contributed by atoms with Crippen LogP contribution in [0.25, 0.3) is 0 Å². The summed E-state index contributed by atoms with van der Waals surface area (Å²) in [5, 5.41) is 0. The third-order valence-electron chi connectivity index (χ3n) is 2.76. The maximum atomic E-state index is 13.6. The fourth-order valence-electron chi connectivity index (χ4n) is 1.76. The first kappa shape index (κ1) is 26.7. The lowest BCUT2D eigenvalue weighted by molar-refractivity contribution is -0.292. The van der Waals surface area contributed by atoms with Crippen molar-refractivity contribution in [2.45, 2.75) is 36.7 Å². The molecule has 0 aliphatic carbocycles. The van der Waals surface area contributed by atoms with Crippen LogP contribution in [-0.2, 0) is 17.2 Å². The molecule has 0 N–H and O–H groups in total. The van der Waals surface area contributed by atoms with Crippen LogP contribution in [0.5, 0.6) is 0 Å². The second-order valence-corrected chi connectivity index (χ2v) is 17.4. The quantitative estimate of drug-likeness (QED) is 0.332. The van der Waals surface area contributed by atoms with E-state index in [0.717, 1.165) is 0 Å². The van der Waals surface area contributed by atoms with Gasteiger partial charge in [-0.2, -0.15) is 48.1 Å². The normalized spacial score (nSPS) is 17.9. The topological polar surface area (TPSA) is 52.6 Å². The number of halogens is 13. The molecule has 4 nitrogen and oxygen atoms in total. The zero-order valence-electron chi connectivity index (χ0n) is 12.1. The summed E-state index contributed by atoms with van der Waals surface area (Å²) in [5.41, 5.74) is -16.2. The molecule has 0 spiro atoms. The molecule has 0 atom stereocenters. The van der Waals surface area contributed by atoms with E-state index in [0.29, 0.717) is 0 Å². The van der Waals surface area contributed by atoms with Gasteiger partial charge >= 0.3 is 29.7 Å². The number of rotatable bonds is 7. The Morgan fingerprint density at radius 3 is 1.44 bits per heavy atom. The van der Waals surface area contributed by atoms with Crippen molar-refractivity contribution >= 4 is 26.6 Å². The summed E-state index contributed by atoms with van der Waals surface area (Å²) < 4.78 is 198. The van der Waals surface area contributed by atoms with Crippen molar-refractivity contribution in [2.75, 3.05) is 5.75 Å². The Morgan fingerprint density at radius 2 is 1.26 bits per heavy atom. The summed E-state index contributed by atoms with van der Waals surface area (Å²) in [6, 6.07) is 0. The summed E-state index contributed by atoms with van der Waals surface area (Å²) in [7, 11) is -11.1. The minimum atomic E-state index is -11.5. The first-order valence-electron chi connectivity index (χ1n) is 5.65. The van der Waals surface area contributed by atoms with Crippen molar-refractivity contribution in [2.24, 2.45) is 0 Å². The molecule has 0 heterocycles. The van der Waals surface area contributed by atoms with E-state index in [2.05, 4.69) is 4.18 Å². The van der Waals surface area contributed by atoms with Crippen LogP contribution in [-0.4, -0.2) is 43.9 Å². The Bertz CT molecular complexity index is 633. The maximum Gasteiger partial charge on any atom is 0.540 e. The molecular weight excluding hydrogens is 491 g/mol. The third kappa shape index (κ3) is 2.96. The Hall–Kier alpha value is -0.340. The van der Waals surface area contributed by atoms with E-state index in [1.807, 2.05) is 4.18 Å². The molecule has 0 saturated carbocycles. The molecule has 0 unspecified atom stereocenters. The smallest absolute Gasteiger partial charge is 0.210 e. The van der Waals surface area contributed by atoms with Gasteiger partial charge in [0.1, 0.15) is 0 Å². The molecule has 27 heavy (non-hydrogen) atoms. The molecule has 0 rings (SSSR count). The van der Waals surface area contributed by atoms with Gasteiger partial charge in [0.25, 0.3) is 0 Å². The summed E-state index contributed by atoms with van der Waals surface area (Å²) in [6.45, 7) is -17.3. The predicted octanol–water partition coefficient (Wildman–Crippen LogP) is 5.73. The Kier molecular flexibility index (Phi) is 6.51. The maximum absolute atomic E-state index is 13.6. The van der Waals surface area contributed by atoms with Crippen LogP contribution in [0.3, 0.4) is 0 Å². The standard InChI is InChI=1S/C7H7F13O4S3/c1-2-26(21,22)27(6(15,16)17,7(18,19)20,23-3(8)9,25-4(10)11)24-5(12,13)14/h3-4H,2H2,1H3. The highest BCUT2D eigenvalue weighted by Crippen LogP contribution is 3.14. The molecule has 0 amide bonds. The molecule has 0 aliphatic heterocycles. The van der Waals surface area contributed by atoms with Gasteiger partial charge in [-0.25, -0.2) is 12.6 Å². The number of hydrogen-bond acceptors (Lipinski definition) is 5. The van der Waals surface area contributed by atoms with Gasteiger partial charge in [-0.05, 0) is 13.8 Å². The molecular formula is C7H7F13O4S3. The van der Waals surface area contributed by atoms with Gasteiger partial charge in [-0.3, -0.25) is 0 Å². The monoisotopic (exact) mass is 498 g/mol. The lowest BCUT2D eigenvalue weighted by atomic mass is 11.0. The minimum absolute atomic E-state index is 0.145. The molecule has 0 aromatic rings. The molecule has 0 aromatic carbocycles. The second-order valence-electron chi connectivity index (χ2n) is 4.16. The van der Waals surface area contributed by atoms with Gasteiger partial charge in [0.05, 0.1) is 5.75 Å². The van der Waals surface area contributed by atoms with Crippen LogP contribution in [0.1, 0.15) is 6.92 Å². The SMILES string of the molecule is CCS(=O)(=O)S(OC(F)F)(OC(F)(F)F)(SC(F)F)(C(F)(F)F)C(F)(F)F. The van der Waals surface area contributed by atoms with E-state index in [1.165, 1.54) is 0 Å². The Morgan fingerprint density at radius 1 is 0.889 bits per heavy atom.